The summed E-state index contributed by atoms with van der Waals surface area (Å²) in [6.07, 6.45) is 2.85. The summed E-state index contributed by atoms with van der Waals surface area (Å²) in [5, 5.41) is 28.0. The lowest BCUT2D eigenvalue weighted by atomic mass is 10.1. The average Bonchev–Trinajstić information content (AvgIpc) is 2.40. The maximum absolute atomic E-state index is 11.9. The van der Waals surface area contributed by atoms with E-state index in [1.807, 2.05) is 0 Å². The first-order chi connectivity index (χ1) is 9.06. The molecule has 4 heteroatoms. The van der Waals surface area contributed by atoms with Crippen LogP contribution in [0.3, 0.4) is 0 Å². The minimum absolute atomic E-state index is 0.0371. The van der Waals surface area contributed by atoms with Gasteiger partial charge in [-0.2, -0.15) is 0 Å². The van der Waals surface area contributed by atoms with Crippen LogP contribution < -0.4 is 0 Å². The molecule has 0 saturated carbocycles. The van der Waals surface area contributed by atoms with Crippen LogP contribution in [0.15, 0.2) is 48.5 Å². The molecule has 3 N–H and O–H groups in total. The Labute approximate surface area is 109 Å². The van der Waals surface area contributed by atoms with Crippen LogP contribution in [0, 0.1) is 0 Å². The highest BCUT2D eigenvalue weighted by atomic mass is 16.3. The van der Waals surface area contributed by atoms with Crippen molar-refractivity contribution >= 4 is 11.9 Å². The predicted molar refractivity (Wildman–Crippen MR) is 71.2 cm³/mol. The first-order valence-corrected chi connectivity index (χ1v) is 5.60. The van der Waals surface area contributed by atoms with E-state index in [1.54, 1.807) is 18.2 Å². The number of carbonyl (C=O) groups excluding carboxylic acids is 1. The quantitative estimate of drug-likeness (QED) is 0.448. The van der Waals surface area contributed by atoms with Crippen molar-refractivity contribution in [1.29, 1.82) is 0 Å². The van der Waals surface area contributed by atoms with Crippen molar-refractivity contribution in [2.75, 3.05) is 0 Å². The molecule has 0 radical (unpaired) electrons. The second kappa shape index (κ2) is 5.27. The zero-order chi connectivity index (χ0) is 13.8. The molecule has 0 aliphatic rings. The summed E-state index contributed by atoms with van der Waals surface area (Å²) < 4.78 is 0. The number of phenols is 3. The van der Waals surface area contributed by atoms with Gasteiger partial charge in [-0.05, 0) is 42.0 Å². The van der Waals surface area contributed by atoms with E-state index in [4.69, 9.17) is 5.11 Å². The van der Waals surface area contributed by atoms with E-state index in [9.17, 15) is 15.0 Å². The molecule has 0 aliphatic carbocycles. The number of carbonyl (C=O) groups is 1. The molecule has 4 nitrogen and oxygen atoms in total. The largest absolute Gasteiger partial charge is 0.508 e. The highest BCUT2D eigenvalue weighted by Crippen LogP contribution is 2.23. The lowest BCUT2D eigenvalue weighted by molar-refractivity contribution is 0.104. The minimum Gasteiger partial charge on any atom is -0.508 e. The van der Waals surface area contributed by atoms with Crippen LogP contribution in [0.4, 0.5) is 0 Å². The van der Waals surface area contributed by atoms with Crippen LogP contribution in [0.25, 0.3) is 6.08 Å². The lowest BCUT2D eigenvalue weighted by Crippen LogP contribution is -1.94. The molecule has 2 aromatic rings. The van der Waals surface area contributed by atoms with E-state index in [0.29, 0.717) is 0 Å². The number of hydrogen-bond donors (Lipinski definition) is 3. The van der Waals surface area contributed by atoms with Gasteiger partial charge in [0, 0.05) is 0 Å². The number of phenolic OH excluding ortho intramolecular Hbond substituents is 3. The van der Waals surface area contributed by atoms with Gasteiger partial charge in [0.15, 0.2) is 5.78 Å². The van der Waals surface area contributed by atoms with Crippen molar-refractivity contribution < 1.29 is 20.1 Å². The molecule has 0 aromatic heterocycles. The second-order valence-corrected chi connectivity index (χ2v) is 3.99. The number of aromatic hydroxyl groups is 3. The highest BCUT2D eigenvalue weighted by molar-refractivity contribution is 6.08. The van der Waals surface area contributed by atoms with E-state index in [-0.39, 0.29) is 22.8 Å². The number of hydrogen-bond acceptors (Lipinski definition) is 4. The van der Waals surface area contributed by atoms with Gasteiger partial charge < -0.3 is 15.3 Å². The molecule has 0 aliphatic heterocycles. The Balaban J connectivity index is 2.21. The molecule has 2 rings (SSSR count). The SMILES string of the molecule is O=C(/C=C/c1ccc(O)cc1)c1cc(O)ccc1O. The summed E-state index contributed by atoms with van der Waals surface area (Å²) in [6.45, 7) is 0. The Morgan fingerprint density at radius 2 is 1.53 bits per heavy atom. The third-order valence-corrected chi connectivity index (χ3v) is 2.57. The van der Waals surface area contributed by atoms with Gasteiger partial charge in [-0.25, -0.2) is 0 Å². The number of benzene rings is 2. The Morgan fingerprint density at radius 3 is 2.21 bits per heavy atom. The third kappa shape index (κ3) is 3.13. The molecule has 0 unspecified atom stereocenters. The fraction of sp³-hybridized carbons (Fsp3) is 0. The second-order valence-electron chi connectivity index (χ2n) is 3.99. The maximum atomic E-state index is 11.9. The molecule has 19 heavy (non-hydrogen) atoms. The summed E-state index contributed by atoms with van der Waals surface area (Å²) in [5.41, 5.74) is 0.779. The summed E-state index contributed by atoms with van der Waals surface area (Å²) in [4.78, 5) is 11.9. The highest BCUT2D eigenvalue weighted by Gasteiger charge is 2.08. The zero-order valence-corrected chi connectivity index (χ0v) is 9.95. The van der Waals surface area contributed by atoms with Crippen molar-refractivity contribution in [1.82, 2.24) is 0 Å². The molecule has 2 aromatic carbocycles. The third-order valence-electron chi connectivity index (χ3n) is 2.57. The molecule has 0 spiro atoms. The van der Waals surface area contributed by atoms with Crippen LogP contribution in [-0.4, -0.2) is 21.1 Å². The first-order valence-electron chi connectivity index (χ1n) is 5.60. The van der Waals surface area contributed by atoms with Gasteiger partial charge in [0.25, 0.3) is 0 Å². The first kappa shape index (κ1) is 12.7. The van der Waals surface area contributed by atoms with Gasteiger partial charge >= 0.3 is 0 Å². The Kier molecular flexibility index (Phi) is 3.52. The number of ketones is 1. The van der Waals surface area contributed by atoms with Crippen molar-refractivity contribution in [2.24, 2.45) is 0 Å². The van der Waals surface area contributed by atoms with E-state index >= 15 is 0 Å². The normalized spacial score (nSPS) is 10.7. The Morgan fingerprint density at radius 1 is 0.895 bits per heavy atom. The van der Waals surface area contributed by atoms with Crippen molar-refractivity contribution in [2.45, 2.75) is 0 Å². The van der Waals surface area contributed by atoms with Crippen molar-refractivity contribution in [3.8, 4) is 17.2 Å². The molecule has 0 amide bonds. The molecule has 0 atom stereocenters. The Bertz CT molecular complexity index is 627. The van der Waals surface area contributed by atoms with Crippen LogP contribution in [0.5, 0.6) is 17.2 Å². The van der Waals surface area contributed by atoms with Crippen LogP contribution in [0.2, 0.25) is 0 Å². The fourth-order valence-electron chi connectivity index (χ4n) is 1.57. The molecular weight excluding hydrogens is 244 g/mol. The molecule has 0 fully saturated rings. The van der Waals surface area contributed by atoms with Crippen molar-refractivity contribution in [3.63, 3.8) is 0 Å². The molecule has 0 heterocycles. The van der Waals surface area contributed by atoms with E-state index in [1.165, 1.54) is 36.4 Å². The van der Waals surface area contributed by atoms with E-state index in [2.05, 4.69) is 0 Å². The summed E-state index contributed by atoms with van der Waals surface area (Å²) in [5.74, 6) is -0.534. The molecule has 96 valence electrons. The van der Waals surface area contributed by atoms with Gasteiger partial charge in [-0.1, -0.05) is 18.2 Å². The Hall–Kier alpha value is -2.75. The van der Waals surface area contributed by atoms with Gasteiger partial charge in [0.2, 0.25) is 0 Å². The van der Waals surface area contributed by atoms with Gasteiger partial charge in [-0.15, -0.1) is 0 Å². The summed E-state index contributed by atoms with van der Waals surface area (Å²) >= 11 is 0. The molecular formula is C15H12O4. The van der Waals surface area contributed by atoms with E-state index < -0.39 is 5.78 Å². The van der Waals surface area contributed by atoms with Crippen LogP contribution in [-0.2, 0) is 0 Å². The van der Waals surface area contributed by atoms with Crippen molar-refractivity contribution in [3.05, 3.63) is 59.7 Å². The zero-order valence-electron chi connectivity index (χ0n) is 9.95. The summed E-state index contributed by atoms with van der Waals surface area (Å²) in [7, 11) is 0. The fourth-order valence-corrected chi connectivity index (χ4v) is 1.57. The van der Waals surface area contributed by atoms with Crippen LogP contribution >= 0.6 is 0 Å². The standard InChI is InChI=1S/C15H12O4/c16-11-4-1-10(2-5-11)3-7-14(18)13-9-12(17)6-8-15(13)19/h1-9,16-17,19H/b7-3+. The van der Waals surface area contributed by atoms with Gasteiger partial charge in [0.1, 0.15) is 17.2 Å². The average molecular weight is 256 g/mol. The summed E-state index contributed by atoms with van der Waals surface area (Å²) in [6, 6.07) is 10.1. The smallest absolute Gasteiger partial charge is 0.189 e. The number of allylic oxidation sites excluding steroid dienone is 1. The lowest BCUT2D eigenvalue weighted by Gasteiger charge is -2.01. The monoisotopic (exact) mass is 256 g/mol. The van der Waals surface area contributed by atoms with E-state index in [0.717, 1.165) is 5.56 Å². The number of rotatable bonds is 3. The topological polar surface area (TPSA) is 77.8 Å². The maximum Gasteiger partial charge on any atom is 0.189 e. The van der Waals surface area contributed by atoms with Crippen LogP contribution in [0.1, 0.15) is 15.9 Å². The minimum atomic E-state index is -0.415. The molecule has 0 saturated heterocycles. The molecule has 0 bridgehead atoms. The van der Waals surface area contributed by atoms with Gasteiger partial charge in [-0.3, -0.25) is 4.79 Å². The predicted octanol–water partition coefficient (Wildman–Crippen LogP) is 2.70. The van der Waals surface area contributed by atoms with Gasteiger partial charge in [0.05, 0.1) is 5.56 Å².